The summed E-state index contributed by atoms with van der Waals surface area (Å²) in [6, 6.07) is 11.2. The molecule has 1 heterocycles. The first-order valence-corrected chi connectivity index (χ1v) is 14.1. The predicted octanol–water partition coefficient (Wildman–Crippen LogP) is 3.26. The number of benzene rings is 2. The molecule has 0 aliphatic carbocycles. The van der Waals surface area contributed by atoms with Gasteiger partial charge in [-0.2, -0.15) is 0 Å². The molecule has 44 heavy (non-hydrogen) atoms. The Morgan fingerprint density at radius 1 is 0.886 bits per heavy atom. The number of methoxy groups -OCH3 is 2. The zero-order chi connectivity index (χ0) is 33.6. The Kier molecular flexibility index (Phi) is 14.7. The molecule has 1 aliphatic heterocycles. The Labute approximate surface area is 258 Å². The van der Waals surface area contributed by atoms with Crippen molar-refractivity contribution in [2.75, 3.05) is 27.4 Å². The summed E-state index contributed by atoms with van der Waals surface area (Å²) >= 11 is 0. The molecule has 0 bridgehead atoms. The fourth-order valence-electron chi connectivity index (χ4n) is 3.94. The number of fused-ring (bicyclic) bond motifs is 1. The van der Waals surface area contributed by atoms with Crippen molar-refractivity contribution in [1.82, 2.24) is 15.5 Å². The van der Waals surface area contributed by atoms with E-state index in [0.29, 0.717) is 16.7 Å². The average Bonchev–Trinajstić information content (AvgIpc) is 3.32. The van der Waals surface area contributed by atoms with E-state index in [0.717, 1.165) is 11.1 Å². The highest BCUT2D eigenvalue weighted by Gasteiger charge is 2.38. The van der Waals surface area contributed by atoms with Gasteiger partial charge in [0.15, 0.2) is 0 Å². The van der Waals surface area contributed by atoms with E-state index in [-0.39, 0.29) is 37.1 Å². The van der Waals surface area contributed by atoms with Crippen LogP contribution in [0, 0.1) is 0 Å². The molecule has 1 atom stereocenters. The van der Waals surface area contributed by atoms with Crippen LogP contribution in [-0.4, -0.2) is 79.5 Å². The number of nitrogens with zero attached hydrogens (tertiary/aromatic N) is 1. The van der Waals surface area contributed by atoms with Crippen LogP contribution in [0.15, 0.2) is 42.5 Å². The van der Waals surface area contributed by atoms with Crippen molar-refractivity contribution >= 4 is 35.6 Å². The van der Waals surface area contributed by atoms with Crippen LogP contribution in [0.4, 0.5) is 0 Å². The van der Waals surface area contributed by atoms with Crippen molar-refractivity contribution in [1.29, 1.82) is 0 Å². The molecule has 2 aromatic rings. The lowest BCUT2D eigenvalue weighted by Gasteiger charge is -2.26. The number of carbonyl (C=O) groups is 6. The molecule has 3 rings (SSSR count). The smallest absolute Gasteiger partial charge is 0.325 e. The molecule has 0 saturated carbocycles. The van der Waals surface area contributed by atoms with Gasteiger partial charge in [-0.25, -0.2) is 0 Å². The lowest BCUT2D eigenvalue weighted by molar-refractivity contribution is -0.146. The summed E-state index contributed by atoms with van der Waals surface area (Å²) in [7, 11) is 2.54. The fraction of sp³-hybridized carbons (Fsp3) is 0.438. The normalized spacial score (nSPS) is 12.2. The molecule has 1 aliphatic rings. The van der Waals surface area contributed by atoms with Crippen LogP contribution in [0.2, 0.25) is 0 Å². The van der Waals surface area contributed by atoms with E-state index in [1.54, 1.807) is 36.4 Å². The Bertz CT molecular complexity index is 1330. The van der Waals surface area contributed by atoms with Gasteiger partial charge in [-0.3, -0.25) is 28.8 Å². The van der Waals surface area contributed by atoms with Crippen molar-refractivity contribution in [3.05, 3.63) is 59.2 Å². The van der Waals surface area contributed by atoms with Gasteiger partial charge < -0.3 is 29.7 Å². The van der Waals surface area contributed by atoms with E-state index >= 15 is 0 Å². The second kappa shape index (κ2) is 17.4. The molecule has 12 heteroatoms. The molecular weight excluding hydrogens is 570 g/mol. The quantitative estimate of drug-likeness (QED) is 0.337. The molecule has 0 radical (unpaired) electrons. The minimum absolute atomic E-state index is 0.0914. The topological polar surface area (TPSA) is 157 Å². The first-order valence-electron chi connectivity index (χ1n) is 14.1. The molecule has 2 aromatic carbocycles. The van der Waals surface area contributed by atoms with E-state index in [9.17, 15) is 28.8 Å². The summed E-state index contributed by atoms with van der Waals surface area (Å²) in [5.74, 6) is -2.74. The number of ether oxygens (including phenoxy) is 3. The summed E-state index contributed by atoms with van der Waals surface area (Å²) in [4.78, 5) is 72.5. The van der Waals surface area contributed by atoms with E-state index in [2.05, 4.69) is 20.1 Å². The number of amides is 3. The summed E-state index contributed by atoms with van der Waals surface area (Å²) in [5.41, 5.74) is 2.83. The molecule has 0 saturated heterocycles. The second-order valence-electron chi connectivity index (χ2n) is 10.4. The predicted molar refractivity (Wildman–Crippen MR) is 163 cm³/mol. The van der Waals surface area contributed by atoms with Gasteiger partial charge in [0, 0.05) is 37.1 Å². The molecule has 0 fully saturated rings. The molecule has 240 valence electrons. The zero-order valence-corrected chi connectivity index (χ0v) is 26.9. The van der Waals surface area contributed by atoms with Crippen molar-refractivity contribution in [2.45, 2.75) is 66.6 Å². The molecule has 3 amide bonds. The van der Waals surface area contributed by atoms with Crippen molar-refractivity contribution in [3.63, 3.8) is 0 Å². The number of carbonyl (C=O) groups excluding carboxylic acids is 6. The molecule has 2 N–H and O–H groups in total. The standard InChI is InChI=1S/C27H31N3O7.C3H6O2.C2H6/c1-16(31)37-15-22(25(34)28-13-23(32)36-5)30-14-21-19(7-6-8-20(21)26(30)35)17-9-11-18(12-10-17)24(33)29-27(2,3)4;1-3(4)5-2;1-2/h6-12,22H,13-15H2,1-5H3,(H,28,34)(H,29,33);1-2H3;1-2H3. The second-order valence-corrected chi connectivity index (χ2v) is 10.4. The molecule has 12 nitrogen and oxygen atoms in total. The van der Waals surface area contributed by atoms with Crippen LogP contribution in [-0.2, 0) is 39.9 Å². The van der Waals surface area contributed by atoms with Gasteiger partial charge >= 0.3 is 17.9 Å². The van der Waals surface area contributed by atoms with Crippen LogP contribution in [0.25, 0.3) is 11.1 Å². The van der Waals surface area contributed by atoms with Crippen molar-refractivity contribution < 1.29 is 43.0 Å². The summed E-state index contributed by atoms with van der Waals surface area (Å²) in [6.07, 6.45) is 0. The maximum Gasteiger partial charge on any atom is 0.325 e. The first-order chi connectivity index (χ1) is 20.7. The van der Waals surface area contributed by atoms with E-state index in [4.69, 9.17) is 4.74 Å². The van der Waals surface area contributed by atoms with E-state index < -0.39 is 29.8 Å². The van der Waals surface area contributed by atoms with Gasteiger partial charge in [-0.1, -0.05) is 38.1 Å². The van der Waals surface area contributed by atoms with Crippen molar-refractivity contribution in [3.8, 4) is 11.1 Å². The molecule has 0 aromatic heterocycles. The van der Waals surface area contributed by atoms with Crippen LogP contribution in [0.3, 0.4) is 0 Å². The maximum atomic E-state index is 13.3. The van der Waals surface area contributed by atoms with Crippen LogP contribution in [0.5, 0.6) is 0 Å². The highest BCUT2D eigenvalue weighted by molar-refractivity contribution is 6.03. The third-order valence-electron chi connectivity index (χ3n) is 5.99. The van der Waals surface area contributed by atoms with Crippen LogP contribution in [0.1, 0.15) is 74.7 Å². The lowest BCUT2D eigenvalue weighted by atomic mass is 9.96. The number of hydrogen-bond acceptors (Lipinski definition) is 9. The number of nitrogens with one attached hydrogen (secondary N) is 2. The van der Waals surface area contributed by atoms with Crippen LogP contribution >= 0.6 is 0 Å². The van der Waals surface area contributed by atoms with Crippen LogP contribution < -0.4 is 10.6 Å². The lowest BCUT2D eigenvalue weighted by Crippen LogP contribution is -2.50. The summed E-state index contributed by atoms with van der Waals surface area (Å²) in [5, 5.41) is 5.34. The third-order valence-corrected chi connectivity index (χ3v) is 5.99. The van der Waals surface area contributed by atoms with Gasteiger partial charge in [0.1, 0.15) is 19.2 Å². The highest BCUT2D eigenvalue weighted by atomic mass is 16.5. The molecular formula is C32H43N3O9. The van der Waals surface area contributed by atoms with Gasteiger partial charge in [-0.15, -0.1) is 0 Å². The fourth-order valence-corrected chi connectivity index (χ4v) is 3.94. The monoisotopic (exact) mass is 613 g/mol. The number of esters is 3. The number of hydrogen-bond donors (Lipinski definition) is 2. The zero-order valence-electron chi connectivity index (χ0n) is 26.9. The summed E-state index contributed by atoms with van der Waals surface area (Å²) < 4.78 is 13.7. The largest absolute Gasteiger partial charge is 0.469 e. The molecule has 0 spiro atoms. The maximum absolute atomic E-state index is 13.3. The van der Waals surface area contributed by atoms with Gasteiger partial charge in [0.05, 0.1) is 14.2 Å². The Hall–Kier alpha value is -4.74. The highest BCUT2D eigenvalue weighted by Crippen LogP contribution is 2.34. The third kappa shape index (κ3) is 11.2. The van der Waals surface area contributed by atoms with Gasteiger partial charge in [0.25, 0.3) is 11.8 Å². The van der Waals surface area contributed by atoms with E-state index in [1.807, 2.05) is 40.7 Å². The van der Waals surface area contributed by atoms with Gasteiger partial charge in [-0.05, 0) is 55.7 Å². The minimum Gasteiger partial charge on any atom is -0.469 e. The van der Waals surface area contributed by atoms with Crippen molar-refractivity contribution in [2.24, 2.45) is 0 Å². The first kappa shape index (κ1) is 37.3. The minimum atomic E-state index is -1.15. The van der Waals surface area contributed by atoms with Gasteiger partial charge in [0.2, 0.25) is 5.91 Å². The summed E-state index contributed by atoms with van der Waals surface area (Å²) in [6.45, 7) is 11.6. The number of rotatable bonds is 8. The average molecular weight is 614 g/mol. The Morgan fingerprint density at radius 3 is 1.95 bits per heavy atom. The Balaban J connectivity index is 0.00000125. The Morgan fingerprint density at radius 2 is 1.45 bits per heavy atom. The SMILES string of the molecule is CC.COC(=O)CNC(=O)C(COC(C)=O)N1Cc2c(cccc2-c2ccc(C(=O)NC(C)(C)C)cc2)C1=O.COC(C)=O. The van der Waals surface area contributed by atoms with E-state index in [1.165, 1.54) is 33.0 Å². The molecule has 1 unspecified atom stereocenters.